The third-order valence-electron chi connectivity index (χ3n) is 2.57. The zero-order valence-corrected chi connectivity index (χ0v) is 11.8. The molecule has 0 radical (unpaired) electrons. The largest absolute Gasteiger partial charge is 0.359 e. The molecule has 0 bridgehead atoms. The molecule has 1 aliphatic heterocycles. The summed E-state index contributed by atoms with van der Waals surface area (Å²) >= 11 is 0. The lowest BCUT2D eigenvalue weighted by Crippen LogP contribution is -2.29. The average Bonchev–Trinajstić information content (AvgIpc) is 2.17. The summed E-state index contributed by atoms with van der Waals surface area (Å²) in [5, 5.41) is 0. The molecular weight excluding hydrogens is 226 g/mol. The van der Waals surface area contributed by atoms with E-state index in [4.69, 9.17) is 4.74 Å². The molecule has 0 unspecified atom stereocenters. The molecule has 0 N–H and O–H groups in total. The van der Waals surface area contributed by atoms with Gasteiger partial charge in [0.15, 0.2) is 0 Å². The Morgan fingerprint density at radius 1 is 1.13 bits per heavy atom. The zero-order valence-electron chi connectivity index (χ0n) is 10.1. The van der Waals surface area contributed by atoms with Gasteiger partial charge in [0.1, 0.15) is 6.73 Å². The Hall–Kier alpha value is 0.620. The Morgan fingerprint density at radius 3 is 2.67 bits per heavy atom. The first kappa shape index (κ1) is 13.7. The summed E-state index contributed by atoms with van der Waals surface area (Å²) in [6.45, 7) is 5.12. The molecule has 0 aromatic heterocycles. The van der Waals surface area contributed by atoms with Crippen molar-refractivity contribution in [2.75, 3.05) is 19.5 Å². The average molecular weight is 249 g/mol. The number of ether oxygens (including phenoxy) is 1. The zero-order chi connectivity index (χ0) is 11.1. The predicted molar refractivity (Wildman–Crippen MR) is 70.9 cm³/mol. The Labute approximate surface area is 102 Å². The molecule has 15 heavy (non-hydrogen) atoms. The van der Waals surface area contributed by atoms with Crippen LogP contribution in [-0.4, -0.2) is 29.4 Å². The molecule has 0 aliphatic carbocycles. The molecule has 0 atom stereocenters. The van der Waals surface area contributed by atoms with E-state index in [0.717, 1.165) is 6.73 Å². The Kier molecular flexibility index (Phi) is 6.43. The van der Waals surface area contributed by atoms with E-state index in [0.29, 0.717) is 0 Å². The summed E-state index contributed by atoms with van der Waals surface area (Å²) in [7, 11) is 5.85. The standard InChI is InChI=1S/C11H23NOS2/c1-11(2)8-6-4-5-7-9-14-15-12(3)10-13-11/h4-10H2,1-3H3. The van der Waals surface area contributed by atoms with Gasteiger partial charge in [-0.1, -0.05) is 30.1 Å². The molecule has 0 aromatic carbocycles. The van der Waals surface area contributed by atoms with Gasteiger partial charge in [-0.25, -0.2) is 4.31 Å². The van der Waals surface area contributed by atoms with Crippen molar-refractivity contribution in [1.82, 2.24) is 4.31 Å². The van der Waals surface area contributed by atoms with Gasteiger partial charge in [0.25, 0.3) is 0 Å². The van der Waals surface area contributed by atoms with Crippen molar-refractivity contribution in [3.8, 4) is 0 Å². The van der Waals surface area contributed by atoms with E-state index in [2.05, 4.69) is 25.2 Å². The van der Waals surface area contributed by atoms with Crippen LogP contribution in [0.1, 0.15) is 46.0 Å². The van der Waals surface area contributed by atoms with Gasteiger partial charge in [0.2, 0.25) is 0 Å². The smallest absolute Gasteiger partial charge is 0.109 e. The van der Waals surface area contributed by atoms with Crippen LogP contribution in [0.5, 0.6) is 0 Å². The van der Waals surface area contributed by atoms with E-state index in [1.807, 2.05) is 21.8 Å². The molecule has 0 aromatic rings. The lowest BCUT2D eigenvalue weighted by molar-refractivity contribution is -0.0508. The number of nitrogens with zero attached hydrogens (tertiary/aromatic N) is 1. The highest BCUT2D eigenvalue weighted by Crippen LogP contribution is 2.28. The van der Waals surface area contributed by atoms with Gasteiger partial charge >= 0.3 is 0 Å². The van der Waals surface area contributed by atoms with Gasteiger partial charge in [-0.2, -0.15) is 0 Å². The molecule has 0 saturated carbocycles. The fraction of sp³-hybridized carbons (Fsp3) is 1.00. The summed E-state index contributed by atoms with van der Waals surface area (Å²) in [5.74, 6) is 1.26. The maximum absolute atomic E-state index is 5.91. The highest BCUT2D eigenvalue weighted by Gasteiger charge is 2.19. The lowest BCUT2D eigenvalue weighted by atomic mass is 10.00. The van der Waals surface area contributed by atoms with Crippen molar-refractivity contribution in [2.24, 2.45) is 0 Å². The van der Waals surface area contributed by atoms with Crippen LogP contribution < -0.4 is 0 Å². The van der Waals surface area contributed by atoms with E-state index >= 15 is 0 Å². The molecule has 90 valence electrons. The van der Waals surface area contributed by atoms with Crippen molar-refractivity contribution in [3.05, 3.63) is 0 Å². The van der Waals surface area contributed by atoms with Crippen molar-refractivity contribution in [2.45, 2.75) is 51.6 Å². The summed E-state index contributed by atoms with van der Waals surface area (Å²) in [6.07, 6.45) is 6.56. The van der Waals surface area contributed by atoms with Crippen LogP contribution >= 0.6 is 21.8 Å². The topological polar surface area (TPSA) is 12.5 Å². The van der Waals surface area contributed by atoms with Crippen LogP contribution in [0.25, 0.3) is 0 Å². The normalized spacial score (nSPS) is 26.6. The molecule has 1 fully saturated rings. The van der Waals surface area contributed by atoms with Gasteiger partial charge in [-0.3, -0.25) is 0 Å². The maximum Gasteiger partial charge on any atom is 0.109 e. The SMILES string of the molecule is CN1COC(C)(C)CCCCCCSS1. The van der Waals surface area contributed by atoms with Gasteiger partial charge < -0.3 is 4.74 Å². The second-order valence-corrected chi connectivity index (χ2v) is 7.29. The van der Waals surface area contributed by atoms with Crippen molar-refractivity contribution >= 4 is 21.8 Å². The number of rotatable bonds is 0. The molecule has 2 nitrogen and oxygen atoms in total. The van der Waals surface area contributed by atoms with E-state index < -0.39 is 0 Å². The maximum atomic E-state index is 5.91. The molecule has 0 amide bonds. The van der Waals surface area contributed by atoms with E-state index in [-0.39, 0.29) is 5.60 Å². The number of hydrogen-bond donors (Lipinski definition) is 0. The fourth-order valence-electron chi connectivity index (χ4n) is 1.55. The number of hydrogen-bond acceptors (Lipinski definition) is 4. The molecule has 1 aliphatic rings. The third kappa shape index (κ3) is 6.72. The first-order valence-corrected chi connectivity index (χ1v) is 8.02. The minimum absolute atomic E-state index is 0.0404. The molecule has 0 spiro atoms. The Morgan fingerprint density at radius 2 is 1.87 bits per heavy atom. The van der Waals surface area contributed by atoms with Crippen LogP contribution in [0, 0.1) is 0 Å². The van der Waals surface area contributed by atoms with Crippen LogP contribution in [0.2, 0.25) is 0 Å². The summed E-state index contributed by atoms with van der Waals surface area (Å²) in [4.78, 5) is 0. The third-order valence-corrected chi connectivity index (χ3v) is 5.07. The van der Waals surface area contributed by atoms with E-state index in [1.165, 1.54) is 37.9 Å². The van der Waals surface area contributed by atoms with E-state index in [9.17, 15) is 0 Å². The molecule has 1 rings (SSSR count). The predicted octanol–water partition coefficient (Wildman–Crippen LogP) is 3.93. The molecular formula is C11H23NOS2. The lowest BCUT2D eigenvalue weighted by Gasteiger charge is -2.28. The fourth-order valence-corrected chi connectivity index (χ4v) is 3.47. The second kappa shape index (κ2) is 7.05. The molecule has 1 saturated heterocycles. The van der Waals surface area contributed by atoms with Gasteiger partial charge in [-0.15, -0.1) is 0 Å². The van der Waals surface area contributed by atoms with E-state index in [1.54, 1.807) is 0 Å². The van der Waals surface area contributed by atoms with Gasteiger partial charge in [0.05, 0.1) is 5.60 Å². The van der Waals surface area contributed by atoms with Crippen molar-refractivity contribution < 1.29 is 4.74 Å². The van der Waals surface area contributed by atoms with Crippen LogP contribution in [0.15, 0.2) is 0 Å². The summed E-state index contributed by atoms with van der Waals surface area (Å²) in [6, 6.07) is 0. The summed E-state index contributed by atoms with van der Waals surface area (Å²) in [5.41, 5.74) is 0.0404. The highest BCUT2D eigenvalue weighted by atomic mass is 33.1. The summed E-state index contributed by atoms with van der Waals surface area (Å²) < 4.78 is 8.08. The van der Waals surface area contributed by atoms with Crippen LogP contribution in [0.4, 0.5) is 0 Å². The van der Waals surface area contributed by atoms with Crippen LogP contribution in [-0.2, 0) is 4.74 Å². The van der Waals surface area contributed by atoms with Crippen molar-refractivity contribution in [1.29, 1.82) is 0 Å². The minimum atomic E-state index is 0.0404. The quantitative estimate of drug-likeness (QED) is 0.476. The Bertz CT molecular complexity index is 176. The molecule has 1 heterocycles. The van der Waals surface area contributed by atoms with Gasteiger partial charge in [-0.05, 0) is 37.7 Å². The van der Waals surface area contributed by atoms with Crippen LogP contribution in [0.3, 0.4) is 0 Å². The Balaban J connectivity index is 2.35. The first-order chi connectivity index (χ1) is 7.10. The second-order valence-electron chi connectivity index (χ2n) is 4.72. The monoisotopic (exact) mass is 249 g/mol. The minimum Gasteiger partial charge on any atom is -0.359 e. The highest BCUT2D eigenvalue weighted by molar-refractivity contribution is 8.75. The molecule has 4 heteroatoms. The van der Waals surface area contributed by atoms with Gasteiger partial charge in [0, 0.05) is 12.8 Å². The van der Waals surface area contributed by atoms with Crippen molar-refractivity contribution in [3.63, 3.8) is 0 Å². The first-order valence-electron chi connectivity index (χ1n) is 5.75.